The monoisotopic (exact) mass is 180 g/mol. The molecule has 0 aromatic carbocycles. The van der Waals surface area contributed by atoms with E-state index in [0.29, 0.717) is 0 Å². The van der Waals surface area contributed by atoms with Crippen molar-refractivity contribution in [2.24, 2.45) is 0 Å². The van der Waals surface area contributed by atoms with Crippen molar-refractivity contribution in [3.8, 4) is 0 Å². The van der Waals surface area contributed by atoms with E-state index in [4.69, 9.17) is 0 Å². The summed E-state index contributed by atoms with van der Waals surface area (Å²) in [5.74, 6) is 0. The number of hydrogen-bond donors (Lipinski definition) is 0. The predicted molar refractivity (Wildman–Crippen MR) is 24.8 cm³/mol. The van der Waals surface area contributed by atoms with E-state index in [-0.39, 0.29) is 20.4 Å². The summed E-state index contributed by atoms with van der Waals surface area (Å²) < 4.78 is 0. The van der Waals surface area contributed by atoms with Crippen molar-refractivity contribution in [1.29, 1.82) is 0 Å². The van der Waals surface area contributed by atoms with E-state index >= 15 is 0 Å². The van der Waals surface area contributed by atoms with Crippen LogP contribution in [0.1, 0.15) is 0 Å². The summed E-state index contributed by atoms with van der Waals surface area (Å²) in [4.78, 5) is 0. The molecule has 0 amide bonds. The largest absolute Gasteiger partial charge is 0.134 e. The smallest absolute Gasteiger partial charge is 0 e. The summed E-state index contributed by atoms with van der Waals surface area (Å²) in [6.07, 6.45) is 2.84. The zero-order chi connectivity index (χ0) is 3.41. The molecule has 0 radical (unpaired) electrons. The van der Waals surface area contributed by atoms with Gasteiger partial charge < -0.3 is 0 Å². The van der Waals surface area contributed by atoms with Crippen molar-refractivity contribution >= 4 is 9.24 Å². The first-order chi connectivity index (χ1) is 1.91. The van der Waals surface area contributed by atoms with Gasteiger partial charge in [0.1, 0.15) is 0 Å². The topological polar surface area (TPSA) is 0 Å². The van der Waals surface area contributed by atoms with Crippen molar-refractivity contribution in [3.63, 3.8) is 0 Å². The maximum Gasteiger partial charge on any atom is 0 e. The average molecular weight is 180 g/mol. The standard InChI is InChI=1S/C3H7P.Pd/c1-2-3-4;/h2H,1,3-4H2;. The van der Waals surface area contributed by atoms with Crippen molar-refractivity contribution in [1.82, 2.24) is 0 Å². The molecule has 0 heterocycles. The Morgan fingerprint density at radius 2 is 2.00 bits per heavy atom. The molecular weight excluding hydrogens is 173 g/mol. The summed E-state index contributed by atoms with van der Waals surface area (Å²) in [7, 11) is 2.54. The summed E-state index contributed by atoms with van der Waals surface area (Å²) in [6, 6.07) is 0. The minimum Gasteiger partial charge on any atom is -0.134 e. The third-order valence-corrected chi connectivity index (χ3v) is 0.500. The van der Waals surface area contributed by atoms with E-state index in [2.05, 4.69) is 15.8 Å². The molecule has 2 heteroatoms. The van der Waals surface area contributed by atoms with Crippen molar-refractivity contribution < 1.29 is 20.4 Å². The summed E-state index contributed by atoms with van der Waals surface area (Å²) in [5.41, 5.74) is 0. The molecule has 0 aromatic rings. The van der Waals surface area contributed by atoms with Crippen LogP contribution in [-0.2, 0) is 20.4 Å². The van der Waals surface area contributed by atoms with Gasteiger partial charge in [-0.1, -0.05) is 6.08 Å². The van der Waals surface area contributed by atoms with Gasteiger partial charge in [0.15, 0.2) is 0 Å². The van der Waals surface area contributed by atoms with Crippen LogP contribution in [-0.4, -0.2) is 6.16 Å². The molecule has 5 heavy (non-hydrogen) atoms. The molecule has 1 atom stereocenters. The zero-order valence-electron chi connectivity index (χ0n) is 2.89. The quantitative estimate of drug-likeness (QED) is 0.321. The van der Waals surface area contributed by atoms with E-state index in [9.17, 15) is 0 Å². The van der Waals surface area contributed by atoms with Gasteiger partial charge in [-0.05, 0) is 6.16 Å². The molecular formula is C3H7PPd. The van der Waals surface area contributed by atoms with E-state index in [1.54, 1.807) is 0 Å². The number of rotatable bonds is 1. The molecule has 34 valence electrons. The van der Waals surface area contributed by atoms with Crippen molar-refractivity contribution in [3.05, 3.63) is 12.7 Å². The van der Waals surface area contributed by atoms with Crippen LogP contribution in [0.4, 0.5) is 0 Å². The van der Waals surface area contributed by atoms with Gasteiger partial charge in [-0.15, -0.1) is 15.8 Å². The summed E-state index contributed by atoms with van der Waals surface area (Å²) in [6.45, 7) is 3.46. The molecule has 0 saturated heterocycles. The molecule has 0 aliphatic carbocycles. The molecule has 0 spiro atoms. The van der Waals surface area contributed by atoms with Gasteiger partial charge >= 0.3 is 0 Å². The van der Waals surface area contributed by atoms with Gasteiger partial charge in [-0.2, -0.15) is 0 Å². The maximum absolute atomic E-state index is 3.46. The van der Waals surface area contributed by atoms with Crippen LogP contribution in [0.2, 0.25) is 0 Å². The van der Waals surface area contributed by atoms with Crippen LogP contribution in [0.15, 0.2) is 12.7 Å². The molecule has 0 saturated carbocycles. The van der Waals surface area contributed by atoms with Gasteiger partial charge in [0.2, 0.25) is 0 Å². The van der Waals surface area contributed by atoms with E-state index in [1.807, 2.05) is 6.08 Å². The number of hydrogen-bond acceptors (Lipinski definition) is 0. The van der Waals surface area contributed by atoms with E-state index in [0.717, 1.165) is 6.16 Å². The zero-order valence-corrected chi connectivity index (χ0v) is 5.59. The molecule has 0 nitrogen and oxygen atoms in total. The second-order valence-electron chi connectivity index (χ2n) is 0.524. The summed E-state index contributed by atoms with van der Waals surface area (Å²) in [5, 5.41) is 0. The SMILES string of the molecule is C=CCP.[Pd]. The fourth-order valence-electron chi connectivity index (χ4n) is 0. The van der Waals surface area contributed by atoms with E-state index in [1.165, 1.54) is 0 Å². The Morgan fingerprint density at radius 3 is 2.00 bits per heavy atom. The van der Waals surface area contributed by atoms with Crippen LogP contribution >= 0.6 is 9.24 Å². The minimum atomic E-state index is 0. The van der Waals surface area contributed by atoms with Gasteiger partial charge in [0, 0.05) is 20.4 Å². The Balaban J connectivity index is 0. The molecule has 1 unspecified atom stereocenters. The van der Waals surface area contributed by atoms with Crippen molar-refractivity contribution in [2.45, 2.75) is 0 Å². The van der Waals surface area contributed by atoms with Crippen molar-refractivity contribution in [2.75, 3.05) is 6.16 Å². The van der Waals surface area contributed by atoms with Crippen LogP contribution in [0.5, 0.6) is 0 Å². The van der Waals surface area contributed by atoms with Crippen LogP contribution in [0.25, 0.3) is 0 Å². The van der Waals surface area contributed by atoms with Crippen LogP contribution in [0.3, 0.4) is 0 Å². The Bertz CT molecular complexity index is 20.9. The molecule has 0 rings (SSSR count). The van der Waals surface area contributed by atoms with Gasteiger partial charge in [-0.25, -0.2) is 0 Å². The normalized spacial score (nSPS) is 5.00. The molecule has 0 aromatic heterocycles. The summed E-state index contributed by atoms with van der Waals surface area (Å²) >= 11 is 0. The number of allylic oxidation sites excluding steroid dienone is 1. The fourth-order valence-corrected chi connectivity index (χ4v) is 0. The second kappa shape index (κ2) is 8.85. The molecule has 0 aliphatic heterocycles. The third-order valence-electron chi connectivity index (χ3n) is 0.167. The molecule has 0 bridgehead atoms. The molecule has 0 N–H and O–H groups in total. The predicted octanol–water partition coefficient (Wildman–Crippen LogP) is 1.04. The Labute approximate surface area is 48.9 Å². The fraction of sp³-hybridized carbons (Fsp3) is 0.333. The first-order valence-corrected chi connectivity index (χ1v) is 2.04. The van der Waals surface area contributed by atoms with Gasteiger partial charge in [-0.3, -0.25) is 0 Å². The Hall–Kier alpha value is 0.832. The first kappa shape index (κ1) is 9.27. The van der Waals surface area contributed by atoms with Crippen LogP contribution < -0.4 is 0 Å². The maximum atomic E-state index is 3.46. The molecule has 0 fully saturated rings. The van der Waals surface area contributed by atoms with Crippen LogP contribution in [0, 0.1) is 0 Å². The molecule has 0 aliphatic rings. The minimum absolute atomic E-state index is 0. The average Bonchev–Trinajstić information content (AvgIpc) is 1.37. The van der Waals surface area contributed by atoms with E-state index < -0.39 is 0 Å². The third kappa shape index (κ3) is 11.5. The first-order valence-electron chi connectivity index (χ1n) is 1.22. The van der Waals surface area contributed by atoms with Gasteiger partial charge in [0.05, 0.1) is 0 Å². The Kier molecular flexibility index (Phi) is 16.4. The Morgan fingerprint density at radius 1 is 1.80 bits per heavy atom. The van der Waals surface area contributed by atoms with Gasteiger partial charge in [0.25, 0.3) is 0 Å². The second-order valence-corrected chi connectivity index (χ2v) is 0.996.